The maximum absolute atomic E-state index is 12.6. The summed E-state index contributed by atoms with van der Waals surface area (Å²) in [7, 11) is 0. The molecule has 2 N–H and O–H groups in total. The molecule has 2 amide bonds. The molecule has 5 heteroatoms. The second-order valence-corrected chi connectivity index (χ2v) is 5.86. The van der Waals surface area contributed by atoms with Crippen LogP contribution in [0.5, 0.6) is 0 Å². The fraction of sp³-hybridized carbons (Fsp3) is 0.263. The van der Waals surface area contributed by atoms with Gasteiger partial charge in [0.2, 0.25) is 0 Å². The number of nitrogens with one attached hydrogen (secondary N) is 2. The Kier molecular flexibility index (Phi) is 4.91. The number of anilines is 2. The molecule has 0 saturated carbocycles. The third-order valence-electron chi connectivity index (χ3n) is 3.93. The van der Waals surface area contributed by atoms with Crippen LogP contribution in [0.3, 0.4) is 0 Å². The molecule has 0 bridgehead atoms. The minimum atomic E-state index is -0.433. The number of para-hydroxylation sites is 1. The van der Waals surface area contributed by atoms with Crippen LogP contribution in [-0.2, 0) is 9.53 Å². The molecule has 0 aromatic heterocycles. The summed E-state index contributed by atoms with van der Waals surface area (Å²) in [5.74, 6) is -0.466. The van der Waals surface area contributed by atoms with Gasteiger partial charge in [0.25, 0.3) is 11.8 Å². The van der Waals surface area contributed by atoms with Crippen LogP contribution in [0.25, 0.3) is 0 Å². The zero-order valence-electron chi connectivity index (χ0n) is 13.5. The molecule has 0 spiro atoms. The highest BCUT2D eigenvalue weighted by atomic mass is 16.5. The van der Waals surface area contributed by atoms with Crippen LogP contribution in [0.4, 0.5) is 11.4 Å². The van der Waals surface area contributed by atoms with Gasteiger partial charge in [-0.2, -0.15) is 0 Å². The first kappa shape index (κ1) is 16.2. The van der Waals surface area contributed by atoms with Gasteiger partial charge in [0.1, 0.15) is 6.10 Å². The smallest absolute Gasteiger partial charge is 0.257 e. The maximum Gasteiger partial charge on any atom is 0.257 e. The van der Waals surface area contributed by atoms with Gasteiger partial charge < -0.3 is 15.4 Å². The Morgan fingerprint density at radius 2 is 1.92 bits per heavy atom. The van der Waals surface area contributed by atoms with Crippen molar-refractivity contribution in [3.63, 3.8) is 0 Å². The van der Waals surface area contributed by atoms with Gasteiger partial charge >= 0.3 is 0 Å². The van der Waals surface area contributed by atoms with Gasteiger partial charge in [-0.3, -0.25) is 9.59 Å². The topological polar surface area (TPSA) is 67.4 Å². The van der Waals surface area contributed by atoms with Crippen molar-refractivity contribution in [1.82, 2.24) is 0 Å². The Morgan fingerprint density at radius 3 is 2.67 bits per heavy atom. The highest BCUT2D eigenvalue weighted by Gasteiger charge is 2.24. The SMILES string of the molecule is Cc1cccc(NC(=O)c2ccccc2NC(=O)C2CCCO2)c1. The monoisotopic (exact) mass is 324 g/mol. The standard InChI is InChI=1S/C19H20N2O3/c1-13-6-4-7-14(12-13)20-18(22)15-8-2-3-9-16(15)21-19(23)17-10-5-11-24-17/h2-4,6-9,12,17H,5,10-11H2,1H3,(H,20,22)(H,21,23). The Bertz CT molecular complexity index is 752. The Labute approximate surface area is 141 Å². The van der Waals surface area contributed by atoms with Crippen LogP contribution >= 0.6 is 0 Å². The number of rotatable bonds is 4. The van der Waals surface area contributed by atoms with Crippen LogP contribution in [0.2, 0.25) is 0 Å². The van der Waals surface area contributed by atoms with Gasteiger partial charge in [-0.15, -0.1) is 0 Å². The van der Waals surface area contributed by atoms with Crippen molar-refractivity contribution >= 4 is 23.2 Å². The summed E-state index contributed by atoms with van der Waals surface area (Å²) in [5.41, 5.74) is 2.70. The van der Waals surface area contributed by atoms with Gasteiger partial charge in [0.15, 0.2) is 0 Å². The molecular formula is C19H20N2O3. The molecule has 1 atom stereocenters. The van der Waals surface area contributed by atoms with Crippen LogP contribution in [0.1, 0.15) is 28.8 Å². The quantitative estimate of drug-likeness (QED) is 0.906. The molecule has 1 aliphatic rings. The van der Waals surface area contributed by atoms with E-state index in [4.69, 9.17) is 4.74 Å². The number of carbonyl (C=O) groups excluding carboxylic acids is 2. The highest BCUT2D eigenvalue weighted by Crippen LogP contribution is 2.20. The van der Waals surface area contributed by atoms with Gasteiger partial charge in [-0.05, 0) is 49.6 Å². The third-order valence-corrected chi connectivity index (χ3v) is 3.93. The lowest BCUT2D eigenvalue weighted by Crippen LogP contribution is -2.28. The van der Waals surface area contributed by atoms with Crippen molar-refractivity contribution in [3.05, 3.63) is 59.7 Å². The van der Waals surface area contributed by atoms with E-state index in [1.165, 1.54) is 0 Å². The molecule has 0 radical (unpaired) electrons. The summed E-state index contributed by atoms with van der Waals surface area (Å²) >= 11 is 0. The van der Waals surface area contributed by atoms with E-state index in [9.17, 15) is 9.59 Å². The minimum absolute atomic E-state index is 0.205. The fourth-order valence-corrected chi connectivity index (χ4v) is 2.71. The zero-order chi connectivity index (χ0) is 16.9. The number of amides is 2. The normalized spacial score (nSPS) is 16.6. The molecule has 1 unspecified atom stereocenters. The van der Waals surface area contributed by atoms with E-state index >= 15 is 0 Å². The average Bonchev–Trinajstić information content (AvgIpc) is 3.10. The second kappa shape index (κ2) is 7.27. The summed E-state index contributed by atoms with van der Waals surface area (Å²) in [4.78, 5) is 24.8. The van der Waals surface area contributed by atoms with E-state index in [-0.39, 0.29) is 11.8 Å². The lowest BCUT2D eigenvalue weighted by atomic mass is 10.1. The summed E-state index contributed by atoms with van der Waals surface area (Å²) in [6.07, 6.45) is 1.16. The van der Waals surface area contributed by atoms with Gasteiger partial charge in [-0.1, -0.05) is 24.3 Å². The molecular weight excluding hydrogens is 304 g/mol. The van der Waals surface area contributed by atoms with E-state index in [0.717, 1.165) is 17.7 Å². The largest absolute Gasteiger partial charge is 0.368 e. The number of benzene rings is 2. The van der Waals surface area contributed by atoms with Crippen molar-refractivity contribution in [2.45, 2.75) is 25.9 Å². The molecule has 1 fully saturated rings. The summed E-state index contributed by atoms with van der Waals surface area (Å²) < 4.78 is 5.38. The van der Waals surface area contributed by atoms with Gasteiger partial charge in [-0.25, -0.2) is 0 Å². The van der Waals surface area contributed by atoms with Crippen molar-refractivity contribution < 1.29 is 14.3 Å². The average molecular weight is 324 g/mol. The maximum atomic E-state index is 12.6. The van der Waals surface area contributed by atoms with Crippen LogP contribution in [0.15, 0.2) is 48.5 Å². The van der Waals surface area contributed by atoms with Gasteiger partial charge in [0, 0.05) is 12.3 Å². The predicted molar refractivity (Wildman–Crippen MR) is 93.2 cm³/mol. The molecule has 1 heterocycles. The number of carbonyl (C=O) groups is 2. The first-order valence-corrected chi connectivity index (χ1v) is 8.03. The summed E-state index contributed by atoms with van der Waals surface area (Å²) in [5, 5.41) is 5.67. The Morgan fingerprint density at radius 1 is 1.08 bits per heavy atom. The van der Waals surface area contributed by atoms with Crippen molar-refractivity contribution in [2.24, 2.45) is 0 Å². The lowest BCUT2D eigenvalue weighted by Gasteiger charge is -2.14. The Hall–Kier alpha value is -2.66. The minimum Gasteiger partial charge on any atom is -0.368 e. The molecule has 1 aliphatic heterocycles. The summed E-state index contributed by atoms with van der Waals surface area (Å²) in [6, 6.07) is 14.5. The fourth-order valence-electron chi connectivity index (χ4n) is 2.71. The molecule has 2 aromatic carbocycles. The number of hydrogen-bond donors (Lipinski definition) is 2. The number of aryl methyl sites for hydroxylation is 1. The van der Waals surface area contributed by atoms with E-state index in [2.05, 4.69) is 10.6 Å². The molecule has 3 rings (SSSR count). The molecule has 5 nitrogen and oxygen atoms in total. The summed E-state index contributed by atoms with van der Waals surface area (Å²) in [6.45, 7) is 2.57. The van der Waals surface area contributed by atoms with Crippen molar-refractivity contribution in [2.75, 3.05) is 17.2 Å². The highest BCUT2D eigenvalue weighted by molar-refractivity contribution is 6.10. The van der Waals surface area contributed by atoms with Gasteiger partial charge in [0.05, 0.1) is 11.3 Å². The van der Waals surface area contributed by atoms with E-state index in [1.54, 1.807) is 24.3 Å². The van der Waals surface area contributed by atoms with Crippen molar-refractivity contribution in [1.29, 1.82) is 0 Å². The number of ether oxygens (including phenoxy) is 1. The predicted octanol–water partition coefficient (Wildman–Crippen LogP) is 3.36. The molecule has 124 valence electrons. The zero-order valence-corrected chi connectivity index (χ0v) is 13.5. The third kappa shape index (κ3) is 3.81. The molecule has 0 aliphatic carbocycles. The first-order chi connectivity index (χ1) is 11.6. The van der Waals surface area contributed by atoms with E-state index in [1.807, 2.05) is 31.2 Å². The van der Waals surface area contributed by atoms with E-state index < -0.39 is 6.10 Å². The van der Waals surface area contributed by atoms with Crippen molar-refractivity contribution in [3.8, 4) is 0 Å². The first-order valence-electron chi connectivity index (χ1n) is 8.03. The number of hydrogen-bond acceptors (Lipinski definition) is 3. The van der Waals surface area contributed by atoms with Crippen LogP contribution < -0.4 is 10.6 Å². The Balaban J connectivity index is 1.75. The van der Waals surface area contributed by atoms with E-state index in [0.29, 0.717) is 24.3 Å². The molecule has 2 aromatic rings. The molecule has 1 saturated heterocycles. The second-order valence-electron chi connectivity index (χ2n) is 5.86. The van der Waals surface area contributed by atoms with Crippen LogP contribution in [0, 0.1) is 6.92 Å². The molecule has 24 heavy (non-hydrogen) atoms. The van der Waals surface area contributed by atoms with Crippen LogP contribution in [-0.4, -0.2) is 24.5 Å². The lowest BCUT2D eigenvalue weighted by molar-refractivity contribution is -0.124.